The highest BCUT2D eigenvalue weighted by Crippen LogP contribution is 2.14. The van der Waals surface area contributed by atoms with Crippen molar-refractivity contribution in [2.24, 2.45) is 0 Å². The molecule has 2 aromatic rings. The van der Waals surface area contributed by atoms with E-state index < -0.39 is 11.9 Å². The van der Waals surface area contributed by atoms with E-state index >= 15 is 0 Å². The first-order chi connectivity index (χ1) is 12.0. The molecule has 1 N–H and O–H groups in total. The van der Waals surface area contributed by atoms with Crippen molar-refractivity contribution < 1.29 is 14.3 Å². The van der Waals surface area contributed by atoms with E-state index in [-0.39, 0.29) is 11.6 Å². The van der Waals surface area contributed by atoms with Crippen LogP contribution in [0.5, 0.6) is 0 Å². The predicted octanol–water partition coefficient (Wildman–Crippen LogP) is 3.26. The number of esters is 1. The maximum atomic E-state index is 12.3. The molecule has 0 aromatic heterocycles. The lowest BCUT2D eigenvalue weighted by Gasteiger charge is -2.13. The third-order valence-electron chi connectivity index (χ3n) is 3.66. The van der Waals surface area contributed by atoms with E-state index in [0.29, 0.717) is 11.1 Å². The van der Waals surface area contributed by atoms with Crippen LogP contribution in [0.15, 0.2) is 60.2 Å². The van der Waals surface area contributed by atoms with Gasteiger partial charge in [-0.2, -0.15) is 5.26 Å². The van der Waals surface area contributed by atoms with Gasteiger partial charge in [0.2, 0.25) is 0 Å². The molecule has 0 saturated heterocycles. The summed E-state index contributed by atoms with van der Waals surface area (Å²) in [7, 11) is 1.31. The van der Waals surface area contributed by atoms with E-state index in [4.69, 9.17) is 0 Å². The van der Waals surface area contributed by atoms with Gasteiger partial charge < -0.3 is 10.1 Å². The van der Waals surface area contributed by atoms with Crippen LogP contribution < -0.4 is 5.32 Å². The Bertz CT molecular complexity index is 818. The number of rotatable bonds is 5. The van der Waals surface area contributed by atoms with Gasteiger partial charge in [-0.1, -0.05) is 42.5 Å². The summed E-state index contributed by atoms with van der Waals surface area (Å²) >= 11 is 0. The monoisotopic (exact) mass is 334 g/mol. The second-order valence-corrected chi connectivity index (χ2v) is 5.39. The number of benzene rings is 2. The zero-order valence-corrected chi connectivity index (χ0v) is 14.0. The molecule has 0 unspecified atom stereocenters. The average Bonchev–Trinajstić information content (AvgIpc) is 2.66. The molecule has 0 heterocycles. The van der Waals surface area contributed by atoms with Gasteiger partial charge in [0.05, 0.1) is 18.7 Å². The highest BCUT2D eigenvalue weighted by Gasteiger charge is 2.13. The molecule has 5 nitrogen and oxygen atoms in total. The fraction of sp³-hybridized carbons (Fsp3) is 0.150. The van der Waals surface area contributed by atoms with Crippen molar-refractivity contribution in [3.63, 3.8) is 0 Å². The van der Waals surface area contributed by atoms with Crippen molar-refractivity contribution in [1.29, 1.82) is 5.26 Å². The van der Waals surface area contributed by atoms with E-state index in [1.165, 1.54) is 13.2 Å². The fourth-order valence-corrected chi connectivity index (χ4v) is 2.25. The van der Waals surface area contributed by atoms with Crippen LogP contribution in [-0.2, 0) is 9.53 Å². The topological polar surface area (TPSA) is 79.2 Å². The molecule has 0 aliphatic carbocycles. The predicted molar refractivity (Wildman–Crippen MR) is 94.4 cm³/mol. The number of methoxy groups -OCH3 is 1. The lowest BCUT2D eigenvalue weighted by Crippen LogP contribution is -2.27. The highest BCUT2D eigenvalue weighted by atomic mass is 16.5. The third kappa shape index (κ3) is 4.79. The molecule has 2 rings (SSSR count). The number of carbonyl (C=O) groups is 2. The molecule has 25 heavy (non-hydrogen) atoms. The smallest absolute Gasteiger partial charge is 0.337 e. The Morgan fingerprint density at radius 1 is 1.12 bits per heavy atom. The molecule has 126 valence electrons. The van der Waals surface area contributed by atoms with Crippen molar-refractivity contribution in [1.82, 2.24) is 5.32 Å². The lowest BCUT2D eigenvalue weighted by molar-refractivity contribution is -0.117. The van der Waals surface area contributed by atoms with Crippen molar-refractivity contribution >= 4 is 18.0 Å². The van der Waals surface area contributed by atoms with Crippen LogP contribution in [0.25, 0.3) is 6.08 Å². The fourth-order valence-electron chi connectivity index (χ4n) is 2.25. The minimum absolute atomic E-state index is 0.00593. The van der Waals surface area contributed by atoms with Crippen molar-refractivity contribution in [2.75, 3.05) is 7.11 Å². The SMILES string of the molecule is COC(=O)c1ccc(/C=C(\C#N)C(=O)N[C@@H](C)c2ccccc2)cc1. The lowest BCUT2D eigenvalue weighted by atomic mass is 10.1. The van der Waals surface area contributed by atoms with Gasteiger partial charge in [0.15, 0.2) is 0 Å². The van der Waals surface area contributed by atoms with Gasteiger partial charge in [-0.25, -0.2) is 4.79 Å². The Morgan fingerprint density at radius 3 is 2.32 bits per heavy atom. The van der Waals surface area contributed by atoms with Gasteiger partial charge in [-0.3, -0.25) is 4.79 Å². The minimum atomic E-state index is -0.448. The second-order valence-electron chi connectivity index (χ2n) is 5.39. The Labute approximate surface area is 146 Å². The van der Waals surface area contributed by atoms with Gasteiger partial charge in [0.1, 0.15) is 11.6 Å². The van der Waals surface area contributed by atoms with Crippen LogP contribution in [0.1, 0.15) is 34.5 Å². The number of ether oxygens (including phenoxy) is 1. The summed E-state index contributed by atoms with van der Waals surface area (Å²) in [5.41, 5.74) is 2.00. The number of amides is 1. The van der Waals surface area contributed by atoms with E-state index in [1.54, 1.807) is 24.3 Å². The van der Waals surface area contributed by atoms with Crippen molar-refractivity contribution in [3.8, 4) is 6.07 Å². The highest BCUT2D eigenvalue weighted by molar-refractivity contribution is 6.02. The molecule has 5 heteroatoms. The number of hydrogen-bond acceptors (Lipinski definition) is 4. The van der Waals surface area contributed by atoms with Gasteiger partial charge >= 0.3 is 5.97 Å². The van der Waals surface area contributed by atoms with Gasteiger partial charge in [-0.15, -0.1) is 0 Å². The molecule has 0 radical (unpaired) electrons. The Hall–Kier alpha value is -3.39. The number of nitriles is 1. The first-order valence-corrected chi connectivity index (χ1v) is 7.71. The molecule has 0 bridgehead atoms. The zero-order chi connectivity index (χ0) is 18.2. The molecular weight excluding hydrogens is 316 g/mol. The number of nitrogens with one attached hydrogen (secondary N) is 1. The van der Waals surface area contributed by atoms with Crippen molar-refractivity contribution in [2.45, 2.75) is 13.0 Å². The summed E-state index contributed by atoms with van der Waals surface area (Å²) in [6, 6.07) is 17.7. The Kier molecular flexibility index (Phi) is 6.08. The van der Waals surface area contributed by atoms with Crippen LogP contribution in [0, 0.1) is 11.3 Å². The first-order valence-electron chi connectivity index (χ1n) is 7.71. The molecule has 1 atom stereocenters. The zero-order valence-electron chi connectivity index (χ0n) is 14.0. The summed E-state index contributed by atoms with van der Waals surface area (Å²) in [5.74, 6) is -0.888. The van der Waals surface area contributed by atoms with Gasteiger partial charge in [-0.05, 0) is 36.3 Å². The maximum absolute atomic E-state index is 12.3. The molecule has 0 saturated carbocycles. The number of nitrogens with zero attached hydrogens (tertiary/aromatic N) is 1. The van der Waals surface area contributed by atoms with Crippen molar-refractivity contribution in [3.05, 3.63) is 76.9 Å². The van der Waals surface area contributed by atoms with Gasteiger partial charge in [0.25, 0.3) is 5.91 Å². The number of hydrogen-bond donors (Lipinski definition) is 1. The molecule has 0 fully saturated rings. The summed E-state index contributed by atoms with van der Waals surface area (Å²) in [4.78, 5) is 23.7. The van der Waals surface area contributed by atoms with Crippen LogP contribution in [0.2, 0.25) is 0 Å². The molecule has 0 aliphatic heterocycles. The molecule has 1 amide bonds. The molecular formula is C20H18N2O3. The largest absolute Gasteiger partial charge is 0.465 e. The van der Waals surface area contributed by atoms with E-state index in [2.05, 4.69) is 10.1 Å². The summed E-state index contributed by atoms with van der Waals surface area (Å²) in [6.07, 6.45) is 1.48. The van der Waals surface area contributed by atoms with E-state index in [9.17, 15) is 14.9 Å². The standard InChI is InChI=1S/C20H18N2O3/c1-14(16-6-4-3-5-7-16)22-19(23)18(13-21)12-15-8-10-17(11-9-15)20(24)25-2/h3-12,14H,1-2H3,(H,22,23)/b18-12+/t14-/m0/s1. The van der Waals surface area contributed by atoms with Crippen LogP contribution in [-0.4, -0.2) is 19.0 Å². The number of carbonyl (C=O) groups excluding carboxylic acids is 2. The molecule has 0 spiro atoms. The quantitative estimate of drug-likeness (QED) is 0.517. The molecule has 2 aromatic carbocycles. The third-order valence-corrected chi connectivity index (χ3v) is 3.66. The second kappa shape index (κ2) is 8.46. The summed E-state index contributed by atoms with van der Waals surface area (Å²) in [5, 5.41) is 12.1. The summed E-state index contributed by atoms with van der Waals surface area (Å²) < 4.78 is 4.63. The van der Waals surface area contributed by atoms with Gasteiger partial charge in [0, 0.05) is 0 Å². The summed E-state index contributed by atoms with van der Waals surface area (Å²) in [6.45, 7) is 1.85. The Morgan fingerprint density at radius 2 is 1.76 bits per heavy atom. The molecule has 0 aliphatic rings. The van der Waals surface area contributed by atoms with Crippen LogP contribution in [0.4, 0.5) is 0 Å². The van der Waals surface area contributed by atoms with Crippen LogP contribution in [0.3, 0.4) is 0 Å². The Balaban J connectivity index is 2.12. The normalized spacial score (nSPS) is 12.0. The maximum Gasteiger partial charge on any atom is 0.337 e. The average molecular weight is 334 g/mol. The first kappa shape index (κ1) is 18.0. The van der Waals surface area contributed by atoms with E-state index in [1.807, 2.05) is 43.3 Å². The van der Waals surface area contributed by atoms with Crippen LogP contribution >= 0.6 is 0 Å². The van der Waals surface area contributed by atoms with E-state index in [0.717, 1.165) is 5.56 Å². The minimum Gasteiger partial charge on any atom is -0.465 e.